The zero-order chi connectivity index (χ0) is 23.1. The topological polar surface area (TPSA) is 71.3 Å². The zero-order valence-electron chi connectivity index (χ0n) is 18.1. The number of ether oxygens (including phenoxy) is 2. The number of halogens is 1. The number of hydrogen-bond donors (Lipinski definition) is 1. The predicted molar refractivity (Wildman–Crippen MR) is 127 cm³/mol. The van der Waals surface area contributed by atoms with Gasteiger partial charge in [-0.1, -0.05) is 53.6 Å². The second-order valence-electron chi connectivity index (χ2n) is 7.23. The Kier molecular flexibility index (Phi) is 7.54. The van der Waals surface area contributed by atoms with Gasteiger partial charge in [-0.3, -0.25) is 4.79 Å². The average Bonchev–Trinajstić information content (AvgIpc) is 2.79. The monoisotopic (exact) mass is 446 g/mol. The Labute approximate surface area is 192 Å². The molecule has 3 aromatic rings. The van der Waals surface area contributed by atoms with Crippen LogP contribution >= 0.6 is 11.6 Å². The number of nitrogens with zero attached hydrogens (tertiary/aromatic N) is 1. The van der Waals surface area contributed by atoms with Crippen molar-refractivity contribution >= 4 is 29.3 Å². The number of carbonyl (C=O) groups excluding carboxylic acids is 1. The van der Waals surface area contributed by atoms with Crippen LogP contribution in [-0.4, -0.2) is 13.0 Å². The van der Waals surface area contributed by atoms with Crippen molar-refractivity contribution in [1.29, 1.82) is 5.26 Å². The van der Waals surface area contributed by atoms with E-state index < -0.39 is 5.91 Å². The lowest BCUT2D eigenvalue weighted by Gasteiger charge is -2.12. The average molecular weight is 447 g/mol. The smallest absolute Gasteiger partial charge is 0.266 e. The van der Waals surface area contributed by atoms with Gasteiger partial charge in [0, 0.05) is 16.3 Å². The van der Waals surface area contributed by atoms with Crippen LogP contribution in [0.2, 0.25) is 5.02 Å². The number of rotatable bonds is 7. The third-order valence-electron chi connectivity index (χ3n) is 4.83. The van der Waals surface area contributed by atoms with Crippen LogP contribution in [0.1, 0.15) is 22.3 Å². The molecule has 0 aliphatic heterocycles. The Hall–Kier alpha value is -3.75. The molecule has 0 aliphatic carbocycles. The number of aryl methyl sites for hydroxylation is 2. The first kappa shape index (κ1) is 22.9. The van der Waals surface area contributed by atoms with Crippen molar-refractivity contribution in [3.05, 3.63) is 93.5 Å². The zero-order valence-corrected chi connectivity index (χ0v) is 18.9. The number of methoxy groups -OCH3 is 1. The summed E-state index contributed by atoms with van der Waals surface area (Å²) >= 11 is 6.18. The lowest BCUT2D eigenvalue weighted by Crippen LogP contribution is -2.14. The van der Waals surface area contributed by atoms with Crippen molar-refractivity contribution in [3.63, 3.8) is 0 Å². The fourth-order valence-electron chi connectivity index (χ4n) is 3.12. The summed E-state index contributed by atoms with van der Waals surface area (Å²) in [5.74, 6) is 0.540. The van der Waals surface area contributed by atoms with E-state index in [4.69, 9.17) is 21.1 Å². The second-order valence-corrected chi connectivity index (χ2v) is 7.64. The van der Waals surface area contributed by atoms with Crippen LogP contribution in [0.5, 0.6) is 11.5 Å². The maximum absolute atomic E-state index is 12.6. The molecule has 0 heterocycles. The summed E-state index contributed by atoms with van der Waals surface area (Å²) in [4.78, 5) is 12.6. The lowest BCUT2D eigenvalue weighted by atomic mass is 10.1. The predicted octanol–water partition coefficient (Wildman–Crippen LogP) is 6.09. The Balaban J connectivity index is 1.77. The largest absolute Gasteiger partial charge is 0.493 e. The van der Waals surface area contributed by atoms with Gasteiger partial charge in [-0.25, -0.2) is 0 Å². The van der Waals surface area contributed by atoms with Crippen molar-refractivity contribution in [2.75, 3.05) is 12.4 Å². The molecule has 0 spiro atoms. The standard InChI is InChI=1S/C26H23ClN2O3/c1-17-8-10-23(18(2)12-17)29-26(30)21(15-28)13-19-9-11-24(25(14-19)31-3)32-16-20-6-4-5-7-22(20)27/h4-14H,16H2,1-3H3,(H,29,30)/b21-13+. The highest BCUT2D eigenvalue weighted by molar-refractivity contribution is 6.31. The van der Waals surface area contributed by atoms with Crippen molar-refractivity contribution < 1.29 is 14.3 Å². The van der Waals surface area contributed by atoms with E-state index in [0.29, 0.717) is 27.8 Å². The van der Waals surface area contributed by atoms with Crippen LogP contribution in [0, 0.1) is 25.2 Å². The third kappa shape index (κ3) is 5.69. The molecule has 32 heavy (non-hydrogen) atoms. The molecule has 0 aromatic heterocycles. The van der Waals surface area contributed by atoms with E-state index >= 15 is 0 Å². The minimum atomic E-state index is -0.475. The van der Waals surface area contributed by atoms with Gasteiger partial charge in [-0.05, 0) is 55.3 Å². The van der Waals surface area contributed by atoms with Crippen LogP contribution < -0.4 is 14.8 Å². The molecule has 162 valence electrons. The fraction of sp³-hybridized carbons (Fsp3) is 0.154. The molecule has 5 nitrogen and oxygen atoms in total. The van der Waals surface area contributed by atoms with E-state index in [9.17, 15) is 10.1 Å². The molecule has 0 radical (unpaired) electrons. The number of hydrogen-bond acceptors (Lipinski definition) is 4. The number of amides is 1. The first-order valence-electron chi connectivity index (χ1n) is 9.96. The van der Waals surface area contributed by atoms with Gasteiger partial charge in [0.1, 0.15) is 18.2 Å². The molecule has 6 heteroatoms. The molecule has 1 amide bonds. The number of carbonyl (C=O) groups is 1. The van der Waals surface area contributed by atoms with Gasteiger partial charge in [0.15, 0.2) is 11.5 Å². The van der Waals surface area contributed by atoms with Gasteiger partial charge < -0.3 is 14.8 Å². The molecule has 0 aliphatic rings. The van der Waals surface area contributed by atoms with Crippen LogP contribution in [0.4, 0.5) is 5.69 Å². The number of nitriles is 1. The molecule has 1 N–H and O–H groups in total. The maximum Gasteiger partial charge on any atom is 0.266 e. The molecule has 0 atom stereocenters. The molecule has 0 saturated heterocycles. The Bertz CT molecular complexity index is 1210. The van der Waals surface area contributed by atoms with E-state index in [2.05, 4.69) is 5.32 Å². The van der Waals surface area contributed by atoms with Crippen LogP contribution in [0.15, 0.2) is 66.2 Å². The van der Waals surface area contributed by atoms with Crippen molar-refractivity contribution in [3.8, 4) is 17.6 Å². The normalized spacial score (nSPS) is 10.9. The fourth-order valence-corrected chi connectivity index (χ4v) is 3.31. The molecular formula is C26H23ClN2O3. The summed E-state index contributed by atoms with van der Waals surface area (Å²) in [6.07, 6.45) is 1.51. The van der Waals surface area contributed by atoms with Gasteiger partial charge in [-0.15, -0.1) is 0 Å². The molecule has 0 saturated carbocycles. The first-order chi connectivity index (χ1) is 15.4. The SMILES string of the molecule is COc1cc(/C=C(\C#N)C(=O)Nc2ccc(C)cc2C)ccc1OCc1ccccc1Cl. The molecule has 3 aromatic carbocycles. The highest BCUT2D eigenvalue weighted by Crippen LogP contribution is 2.30. The van der Waals surface area contributed by atoms with Crippen molar-refractivity contribution in [1.82, 2.24) is 0 Å². The van der Waals surface area contributed by atoms with Gasteiger partial charge in [0.05, 0.1) is 7.11 Å². The summed E-state index contributed by atoms with van der Waals surface area (Å²) in [5.41, 5.74) is 4.17. The molecule has 0 fully saturated rings. The molecule has 0 unspecified atom stereocenters. The Morgan fingerprint density at radius 2 is 1.88 bits per heavy atom. The van der Waals surface area contributed by atoms with E-state index in [0.717, 1.165) is 16.7 Å². The quantitative estimate of drug-likeness (QED) is 0.352. The third-order valence-corrected chi connectivity index (χ3v) is 5.20. The summed E-state index contributed by atoms with van der Waals surface area (Å²) in [6, 6.07) is 20.3. The van der Waals surface area contributed by atoms with Gasteiger partial charge >= 0.3 is 0 Å². The number of benzene rings is 3. The van der Waals surface area contributed by atoms with E-state index in [1.54, 1.807) is 24.3 Å². The van der Waals surface area contributed by atoms with Crippen molar-refractivity contribution in [2.45, 2.75) is 20.5 Å². The Morgan fingerprint density at radius 3 is 2.56 bits per heavy atom. The van der Waals surface area contributed by atoms with E-state index in [1.165, 1.54) is 13.2 Å². The highest BCUT2D eigenvalue weighted by Gasteiger charge is 2.13. The summed E-state index contributed by atoms with van der Waals surface area (Å²) in [5, 5.41) is 12.9. The highest BCUT2D eigenvalue weighted by atomic mass is 35.5. The number of nitrogens with one attached hydrogen (secondary N) is 1. The summed E-state index contributed by atoms with van der Waals surface area (Å²) < 4.78 is 11.3. The lowest BCUT2D eigenvalue weighted by molar-refractivity contribution is -0.112. The van der Waals surface area contributed by atoms with Gasteiger partial charge in [-0.2, -0.15) is 5.26 Å². The molecule has 3 rings (SSSR count). The molecular weight excluding hydrogens is 424 g/mol. The van der Waals surface area contributed by atoms with Crippen LogP contribution in [0.25, 0.3) is 6.08 Å². The van der Waals surface area contributed by atoms with Crippen LogP contribution in [0.3, 0.4) is 0 Å². The number of anilines is 1. The first-order valence-corrected chi connectivity index (χ1v) is 10.3. The van der Waals surface area contributed by atoms with E-state index in [-0.39, 0.29) is 12.2 Å². The maximum atomic E-state index is 12.6. The van der Waals surface area contributed by atoms with Gasteiger partial charge in [0.25, 0.3) is 5.91 Å². The van der Waals surface area contributed by atoms with E-state index in [1.807, 2.05) is 56.3 Å². The van der Waals surface area contributed by atoms with Crippen molar-refractivity contribution in [2.24, 2.45) is 0 Å². The summed E-state index contributed by atoms with van der Waals surface area (Å²) in [7, 11) is 1.53. The second kappa shape index (κ2) is 10.5. The Morgan fingerprint density at radius 1 is 1.09 bits per heavy atom. The minimum Gasteiger partial charge on any atom is -0.493 e. The molecule has 0 bridgehead atoms. The minimum absolute atomic E-state index is 0.0169. The van der Waals surface area contributed by atoms with Crippen LogP contribution in [-0.2, 0) is 11.4 Å². The van der Waals surface area contributed by atoms with Gasteiger partial charge in [0.2, 0.25) is 0 Å². The summed E-state index contributed by atoms with van der Waals surface area (Å²) in [6.45, 7) is 4.17.